The molecule has 1 unspecified atom stereocenters. The number of piperazine rings is 1. The van der Waals surface area contributed by atoms with Crippen molar-refractivity contribution in [3.05, 3.63) is 65.5 Å². The van der Waals surface area contributed by atoms with E-state index in [0.29, 0.717) is 0 Å². The highest BCUT2D eigenvalue weighted by atomic mass is 16.6. The lowest BCUT2D eigenvalue weighted by Crippen LogP contribution is -2.60. The summed E-state index contributed by atoms with van der Waals surface area (Å²) >= 11 is 0. The largest absolute Gasteiger partial charge is 0.440 e. The summed E-state index contributed by atoms with van der Waals surface area (Å²) in [5.74, 6) is 0. The first-order chi connectivity index (χ1) is 14.6. The second-order valence-electron chi connectivity index (χ2n) is 8.95. The number of rotatable bonds is 4. The highest BCUT2D eigenvalue weighted by Crippen LogP contribution is 2.40. The van der Waals surface area contributed by atoms with Crippen LogP contribution in [-0.2, 0) is 17.8 Å². The molecule has 3 fully saturated rings. The highest BCUT2D eigenvalue weighted by molar-refractivity contribution is 5.72. The van der Waals surface area contributed by atoms with Crippen LogP contribution in [-0.4, -0.2) is 70.1 Å². The molecule has 1 atom stereocenters. The maximum atomic E-state index is 12.6. The molecule has 1 spiro atoms. The van der Waals surface area contributed by atoms with Crippen LogP contribution in [0.25, 0.3) is 0 Å². The minimum atomic E-state index is -0.339. The van der Waals surface area contributed by atoms with Gasteiger partial charge in [0.05, 0.1) is 6.04 Å². The first-order valence-electron chi connectivity index (χ1n) is 11.0. The quantitative estimate of drug-likeness (QED) is 0.781. The molecule has 30 heavy (non-hydrogen) atoms. The number of hydrogen-bond donors (Lipinski definition) is 0. The van der Waals surface area contributed by atoms with Gasteiger partial charge < -0.3 is 4.74 Å². The number of carbonyl (C=O) groups is 1. The van der Waals surface area contributed by atoms with Crippen molar-refractivity contribution in [2.24, 2.45) is 0 Å². The fourth-order valence-corrected chi connectivity index (χ4v) is 5.17. The molecule has 3 aliphatic heterocycles. The minimum Gasteiger partial charge on any atom is -0.440 e. The summed E-state index contributed by atoms with van der Waals surface area (Å²) in [5, 5.41) is 0. The number of piperidine rings is 1. The van der Waals surface area contributed by atoms with Crippen molar-refractivity contribution in [1.29, 1.82) is 0 Å². The van der Waals surface area contributed by atoms with Gasteiger partial charge in [0.25, 0.3) is 0 Å². The van der Waals surface area contributed by atoms with E-state index in [-0.39, 0.29) is 17.7 Å². The van der Waals surface area contributed by atoms with Gasteiger partial charge in [-0.3, -0.25) is 19.7 Å². The number of hydrogen-bond acceptors (Lipinski definition) is 5. The zero-order chi connectivity index (χ0) is 20.6. The van der Waals surface area contributed by atoms with Gasteiger partial charge >= 0.3 is 6.09 Å². The Balaban J connectivity index is 1.24. The molecule has 0 bridgehead atoms. The number of carbonyl (C=O) groups excluding carboxylic acids is 1. The third-order valence-corrected chi connectivity index (χ3v) is 6.93. The highest BCUT2D eigenvalue weighted by Gasteiger charge is 2.56. The van der Waals surface area contributed by atoms with Crippen LogP contribution >= 0.6 is 0 Å². The normalized spacial score (nSPS) is 24.1. The van der Waals surface area contributed by atoms with Gasteiger partial charge in [-0.2, -0.15) is 0 Å². The lowest BCUT2D eigenvalue weighted by Gasteiger charge is -2.45. The van der Waals surface area contributed by atoms with E-state index in [2.05, 4.69) is 57.2 Å². The number of benzene rings is 1. The number of aryl methyl sites for hydroxylation is 1. The number of amides is 1. The zero-order valence-corrected chi connectivity index (χ0v) is 17.7. The standard InChI is InChI=1S/C24H30N4O2/c1-19-7-8-21(15-25-19)17-26-11-9-24(10-12-26)22-18-27(13-14-28(22)23(29)30-24)16-20-5-3-2-4-6-20/h2-8,15,22H,9-14,16-18H2,1H3. The van der Waals surface area contributed by atoms with Gasteiger partial charge in [0, 0.05) is 70.5 Å². The van der Waals surface area contributed by atoms with Crippen LogP contribution in [0.5, 0.6) is 0 Å². The van der Waals surface area contributed by atoms with Gasteiger partial charge in [-0.05, 0) is 24.1 Å². The molecule has 6 heteroatoms. The molecule has 1 amide bonds. The van der Waals surface area contributed by atoms with Crippen molar-refractivity contribution >= 4 is 6.09 Å². The van der Waals surface area contributed by atoms with E-state index in [0.717, 1.165) is 64.3 Å². The smallest absolute Gasteiger partial charge is 0.410 e. The van der Waals surface area contributed by atoms with Crippen LogP contribution in [0.4, 0.5) is 4.79 Å². The van der Waals surface area contributed by atoms with Crippen LogP contribution in [0, 0.1) is 6.92 Å². The Bertz CT molecular complexity index is 878. The van der Waals surface area contributed by atoms with E-state index in [1.165, 1.54) is 11.1 Å². The van der Waals surface area contributed by atoms with Gasteiger partial charge in [0.15, 0.2) is 0 Å². The van der Waals surface area contributed by atoms with Gasteiger partial charge in [-0.15, -0.1) is 0 Å². The second-order valence-corrected chi connectivity index (χ2v) is 8.95. The number of nitrogens with zero attached hydrogens (tertiary/aromatic N) is 4. The SMILES string of the molecule is Cc1ccc(CN2CCC3(CC2)OC(=O)N2CCN(Cc4ccccc4)CC23)cn1. The molecule has 0 saturated carbocycles. The van der Waals surface area contributed by atoms with Crippen LogP contribution in [0.2, 0.25) is 0 Å². The van der Waals surface area contributed by atoms with E-state index >= 15 is 0 Å². The Morgan fingerprint density at radius 3 is 2.47 bits per heavy atom. The predicted molar refractivity (Wildman–Crippen MR) is 115 cm³/mol. The minimum absolute atomic E-state index is 0.115. The third-order valence-electron chi connectivity index (χ3n) is 6.93. The van der Waals surface area contributed by atoms with Crippen molar-refractivity contribution in [2.75, 3.05) is 32.7 Å². The van der Waals surface area contributed by atoms with E-state index in [1.807, 2.05) is 18.0 Å². The summed E-state index contributed by atoms with van der Waals surface area (Å²) in [5.41, 5.74) is 3.28. The number of fused-ring (bicyclic) bond motifs is 2. The van der Waals surface area contributed by atoms with Crippen LogP contribution in [0.15, 0.2) is 48.7 Å². The molecule has 158 valence electrons. The molecule has 5 rings (SSSR count). The van der Waals surface area contributed by atoms with Crippen molar-refractivity contribution in [3.8, 4) is 0 Å². The maximum Gasteiger partial charge on any atom is 0.410 e. The Kier molecular flexibility index (Phi) is 5.21. The summed E-state index contributed by atoms with van der Waals surface area (Å²) < 4.78 is 6.07. The first-order valence-corrected chi connectivity index (χ1v) is 11.0. The molecule has 1 aromatic carbocycles. The molecule has 0 N–H and O–H groups in total. The van der Waals surface area contributed by atoms with E-state index in [4.69, 9.17) is 4.74 Å². The monoisotopic (exact) mass is 406 g/mol. The van der Waals surface area contributed by atoms with Crippen LogP contribution in [0.1, 0.15) is 29.7 Å². The Morgan fingerprint density at radius 2 is 1.73 bits per heavy atom. The molecule has 1 aromatic heterocycles. The topological polar surface area (TPSA) is 48.9 Å². The first kappa shape index (κ1) is 19.5. The van der Waals surface area contributed by atoms with Gasteiger partial charge in [-0.25, -0.2) is 4.79 Å². The summed E-state index contributed by atoms with van der Waals surface area (Å²) in [6.45, 7) is 8.31. The molecule has 4 heterocycles. The number of ether oxygens (including phenoxy) is 1. The third kappa shape index (κ3) is 3.82. The lowest BCUT2D eigenvalue weighted by molar-refractivity contribution is -0.0368. The fourth-order valence-electron chi connectivity index (χ4n) is 5.17. The van der Waals surface area contributed by atoms with Crippen LogP contribution in [0.3, 0.4) is 0 Å². The fraction of sp³-hybridized carbons (Fsp3) is 0.500. The Hall–Kier alpha value is -2.44. The molecular weight excluding hydrogens is 376 g/mol. The van der Waals surface area contributed by atoms with Gasteiger partial charge in [0.1, 0.15) is 5.60 Å². The summed E-state index contributed by atoms with van der Waals surface area (Å²) in [6.07, 6.45) is 3.66. The van der Waals surface area contributed by atoms with E-state index in [9.17, 15) is 4.79 Å². The van der Waals surface area contributed by atoms with Gasteiger partial charge in [0.2, 0.25) is 0 Å². The van der Waals surface area contributed by atoms with E-state index in [1.54, 1.807) is 0 Å². The van der Waals surface area contributed by atoms with Crippen molar-refractivity contribution in [1.82, 2.24) is 19.7 Å². The van der Waals surface area contributed by atoms with Crippen molar-refractivity contribution in [2.45, 2.75) is 44.5 Å². The lowest BCUT2D eigenvalue weighted by atomic mass is 9.83. The van der Waals surface area contributed by atoms with Crippen molar-refractivity contribution in [3.63, 3.8) is 0 Å². The summed E-state index contributed by atoms with van der Waals surface area (Å²) in [6, 6.07) is 15.0. The summed E-state index contributed by atoms with van der Waals surface area (Å²) in [7, 11) is 0. The van der Waals surface area contributed by atoms with E-state index < -0.39 is 0 Å². The molecule has 6 nitrogen and oxygen atoms in total. The second kappa shape index (κ2) is 8.00. The molecule has 0 radical (unpaired) electrons. The molecule has 3 aliphatic rings. The Labute approximate surface area is 178 Å². The molecule has 3 saturated heterocycles. The van der Waals surface area contributed by atoms with Crippen molar-refractivity contribution < 1.29 is 9.53 Å². The van der Waals surface area contributed by atoms with Crippen LogP contribution < -0.4 is 0 Å². The predicted octanol–water partition coefficient (Wildman–Crippen LogP) is 3.06. The number of likely N-dealkylation sites (tertiary alicyclic amines) is 1. The zero-order valence-electron chi connectivity index (χ0n) is 17.7. The average molecular weight is 407 g/mol. The maximum absolute atomic E-state index is 12.6. The Morgan fingerprint density at radius 1 is 0.967 bits per heavy atom. The number of pyridine rings is 1. The molecule has 2 aromatic rings. The molecular formula is C24H30N4O2. The molecule has 0 aliphatic carbocycles. The number of aromatic nitrogens is 1. The van der Waals surface area contributed by atoms with Gasteiger partial charge in [-0.1, -0.05) is 36.4 Å². The summed E-state index contributed by atoms with van der Waals surface area (Å²) in [4.78, 5) is 23.9. The average Bonchev–Trinajstić information content (AvgIpc) is 3.03.